The van der Waals surface area contributed by atoms with Gasteiger partial charge < -0.3 is 0 Å². The lowest BCUT2D eigenvalue weighted by atomic mass is 10.0. The minimum atomic E-state index is -4.35. The summed E-state index contributed by atoms with van der Waals surface area (Å²) in [5.74, 6) is 0. The van der Waals surface area contributed by atoms with Crippen LogP contribution in [0.15, 0.2) is 35.9 Å². The van der Waals surface area contributed by atoms with E-state index in [-0.39, 0.29) is 5.56 Å². The van der Waals surface area contributed by atoms with Crippen molar-refractivity contribution in [3.8, 4) is 11.3 Å². The van der Waals surface area contributed by atoms with Crippen LogP contribution in [0.2, 0.25) is 0 Å². The van der Waals surface area contributed by atoms with Crippen molar-refractivity contribution < 1.29 is 13.2 Å². The molecule has 0 aliphatic rings. The predicted octanol–water partition coefficient (Wildman–Crippen LogP) is 3.87. The highest BCUT2D eigenvalue weighted by Crippen LogP contribution is 2.37. The van der Waals surface area contributed by atoms with Gasteiger partial charge in [-0.15, -0.1) is 12.6 Å². The van der Waals surface area contributed by atoms with Gasteiger partial charge in [0.05, 0.1) is 17.5 Å². The van der Waals surface area contributed by atoms with Crippen LogP contribution < -0.4 is 0 Å². The van der Waals surface area contributed by atoms with E-state index in [1.807, 2.05) is 0 Å². The van der Waals surface area contributed by atoms with E-state index in [4.69, 9.17) is 0 Å². The zero-order chi connectivity index (χ0) is 13.3. The molecule has 96 valence electrons. The van der Waals surface area contributed by atoms with Gasteiger partial charge in [0.1, 0.15) is 0 Å². The van der Waals surface area contributed by atoms with Crippen molar-refractivity contribution in [1.82, 2.24) is 9.36 Å². The molecule has 0 bridgehead atoms. The van der Waals surface area contributed by atoms with Crippen molar-refractivity contribution >= 4 is 18.8 Å². The molecule has 2 nitrogen and oxygen atoms in total. The summed E-state index contributed by atoms with van der Waals surface area (Å²) < 4.78 is 41.8. The molecule has 0 saturated carbocycles. The molecule has 6 heteroatoms. The second-order valence-corrected chi connectivity index (χ2v) is 4.06. The Bertz CT molecular complexity index is 578. The highest BCUT2D eigenvalue weighted by molar-refractivity contribution is 7.83. The van der Waals surface area contributed by atoms with Crippen LogP contribution in [-0.2, 0) is 13.2 Å². The van der Waals surface area contributed by atoms with Crippen LogP contribution in [0.4, 0.5) is 13.2 Å². The van der Waals surface area contributed by atoms with Crippen molar-refractivity contribution in [2.24, 2.45) is 7.05 Å². The number of halogens is 3. The molecule has 0 aliphatic carbocycles. The van der Waals surface area contributed by atoms with Crippen LogP contribution in [0, 0.1) is 0 Å². The van der Waals surface area contributed by atoms with E-state index >= 15 is 0 Å². The highest BCUT2D eigenvalue weighted by Gasteiger charge is 2.34. The average molecular weight is 272 g/mol. The Kier molecular flexibility index (Phi) is 3.30. The van der Waals surface area contributed by atoms with E-state index in [2.05, 4.69) is 12.6 Å². The smallest absolute Gasteiger partial charge is 0.283 e. The maximum absolute atomic E-state index is 12.9. The number of thiol groups is 1. The van der Waals surface area contributed by atoms with E-state index in [0.717, 1.165) is 6.07 Å². The molecule has 0 N–H and O–H groups in total. The Labute approximate surface area is 108 Å². The molecule has 2 aromatic rings. The molecule has 18 heavy (non-hydrogen) atoms. The molecule has 1 heterocycles. The summed E-state index contributed by atoms with van der Waals surface area (Å²) in [6.07, 6.45) is -1.09. The molecular weight excluding hydrogens is 261 g/mol. The number of hydrogen-bond acceptors (Lipinski definition) is 1. The molecule has 0 fully saturated rings. The molecule has 0 spiro atoms. The Morgan fingerprint density at radius 2 is 1.89 bits per heavy atom. The number of alkyl halides is 3. The summed E-state index contributed by atoms with van der Waals surface area (Å²) >= 11 is 3.91. The van der Waals surface area contributed by atoms with Gasteiger partial charge in [0.25, 0.3) is 0 Å². The van der Waals surface area contributed by atoms with Gasteiger partial charge in [-0.2, -0.15) is 13.2 Å². The normalized spacial score (nSPS) is 12.5. The van der Waals surface area contributed by atoms with Crippen LogP contribution in [0.1, 0.15) is 5.56 Å². The molecule has 1 aromatic carbocycles. The zero-order valence-corrected chi connectivity index (χ0v) is 10.4. The third-order valence-electron chi connectivity index (χ3n) is 2.68. The second kappa shape index (κ2) is 4.61. The number of rotatable bonds is 2. The molecular formula is C12H11F3N2S. The quantitative estimate of drug-likeness (QED) is 0.795. The fraction of sp³-hybridized carbons (Fsp3) is 0.167. The summed E-state index contributed by atoms with van der Waals surface area (Å²) in [5, 5.41) is 1.51. The molecule has 0 amide bonds. The van der Waals surface area contributed by atoms with E-state index in [1.54, 1.807) is 34.9 Å². The number of nitrogens with zero attached hydrogens (tertiary/aromatic N) is 2. The Hall–Kier alpha value is -1.56. The van der Waals surface area contributed by atoms with Crippen molar-refractivity contribution in [2.75, 3.05) is 0 Å². The number of aromatic nitrogens is 2. The third kappa shape index (κ3) is 2.20. The number of benzene rings is 1. The van der Waals surface area contributed by atoms with E-state index < -0.39 is 11.7 Å². The first-order chi connectivity index (χ1) is 8.45. The van der Waals surface area contributed by atoms with Gasteiger partial charge in [0.15, 0.2) is 0 Å². The predicted molar refractivity (Wildman–Crippen MR) is 68.2 cm³/mol. The van der Waals surface area contributed by atoms with Gasteiger partial charge >= 0.3 is 6.18 Å². The van der Waals surface area contributed by atoms with Crippen LogP contribution in [0.5, 0.6) is 0 Å². The SMILES string of the molecule is Cn1c(-c2ccccc2C(F)(F)F)cn1/C=C\S. The Balaban J connectivity index is 2.49. The van der Waals surface area contributed by atoms with Crippen molar-refractivity contribution in [1.29, 1.82) is 0 Å². The summed E-state index contributed by atoms with van der Waals surface area (Å²) in [7, 11) is 1.69. The van der Waals surface area contributed by atoms with E-state index in [1.165, 1.54) is 17.5 Å². The monoisotopic (exact) mass is 272 g/mol. The van der Waals surface area contributed by atoms with E-state index in [0.29, 0.717) is 5.69 Å². The van der Waals surface area contributed by atoms with Crippen molar-refractivity contribution in [3.63, 3.8) is 0 Å². The van der Waals surface area contributed by atoms with Crippen LogP contribution >= 0.6 is 12.6 Å². The minimum absolute atomic E-state index is 0.177. The fourth-order valence-corrected chi connectivity index (χ4v) is 1.91. The lowest BCUT2D eigenvalue weighted by Gasteiger charge is -2.23. The van der Waals surface area contributed by atoms with Crippen molar-refractivity contribution in [3.05, 3.63) is 41.4 Å². The van der Waals surface area contributed by atoms with Gasteiger partial charge in [-0.05, 0) is 11.5 Å². The molecule has 0 atom stereocenters. The third-order valence-corrected chi connectivity index (χ3v) is 2.81. The van der Waals surface area contributed by atoms with Gasteiger partial charge in [-0.3, -0.25) is 9.36 Å². The van der Waals surface area contributed by atoms with Crippen LogP contribution in [0.25, 0.3) is 17.5 Å². The first-order valence-corrected chi connectivity index (χ1v) is 5.68. The van der Waals surface area contributed by atoms with Gasteiger partial charge in [-0.1, -0.05) is 18.2 Å². The van der Waals surface area contributed by atoms with Gasteiger partial charge in [0.2, 0.25) is 0 Å². The Morgan fingerprint density at radius 1 is 1.22 bits per heavy atom. The standard InChI is InChI=1S/C12H11F3N2S/c1-16-11(8-17(16)6-7-18)9-4-2-3-5-10(9)12(13,14)15/h2-8,18H,1H3/b7-6-. The molecule has 0 unspecified atom stereocenters. The largest absolute Gasteiger partial charge is 0.417 e. The maximum Gasteiger partial charge on any atom is 0.417 e. The summed E-state index contributed by atoms with van der Waals surface area (Å²) in [4.78, 5) is 0. The molecule has 0 aliphatic heterocycles. The highest BCUT2D eigenvalue weighted by atomic mass is 32.1. The lowest BCUT2D eigenvalue weighted by molar-refractivity contribution is -0.137. The lowest BCUT2D eigenvalue weighted by Crippen LogP contribution is -2.18. The van der Waals surface area contributed by atoms with Gasteiger partial charge in [0, 0.05) is 18.8 Å². The first kappa shape index (κ1) is 12.9. The van der Waals surface area contributed by atoms with Crippen molar-refractivity contribution in [2.45, 2.75) is 6.18 Å². The molecule has 0 radical (unpaired) electrons. The van der Waals surface area contributed by atoms with Crippen LogP contribution in [-0.4, -0.2) is 9.36 Å². The molecule has 1 aromatic heterocycles. The second-order valence-electron chi connectivity index (χ2n) is 3.76. The van der Waals surface area contributed by atoms with E-state index in [9.17, 15) is 13.2 Å². The number of hydrogen-bond donors (Lipinski definition) is 1. The summed E-state index contributed by atoms with van der Waals surface area (Å²) in [5.41, 5.74) is 0.0725. The van der Waals surface area contributed by atoms with Gasteiger partial charge in [-0.25, -0.2) is 0 Å². The average Bonchev–Trinajstić information content (AvgIpc) is 2.32. The summed E-state index contributed by atoms with van der Waals surface area (Å²) in [6, 6.07) is 5.53. The topological polar surface area (TPSA) is 9.86 Å². The first-order valence-electron chi connectivity index (χ1n) is 5.16. The Morgan fingerprint density at radius 3 is 2.44 bits per heavy atom. The fourth-order valence-electron chi connectivity index (χ4n) is 1.77. The zero-order valence-electron chi connectivity index (χ0n) is 9.52. The minimum Gasteiger partial charge on any atom is -0.283 e. The maximum atomic E-state index is 12.9. The molecule has 0 saturated heterocycles. The molecule has 2 rings (SSSR count). The summed E-state index contributed by atoms with van der Waals surface area (Å²) in [6.45, 7) is 0. The van der Waals surface area contributed by atoms with Crippen LogP contribution in [0.3, 0.4) is 0 Å².